The molecule has 2 aromatic rings. The molecular weight excluding hydrogens is 347 g/mol. The van der Waals surface area contributed by atoms with Crippen molar-refractivity contribution in [2.75, 3.05) is 18.9 Å². The average molecular weight is 365 g/mol. The van der Waals surface area contributed by atoms with Crippen molar-refractivity contribution in [2.24, 2.45) is 0 Å². The maximum absolute atomic E-state index is 12.2. The van der Waals surface area contributed by atoms with E-state index in [0.29, 0.717) is 15.7 Å². The topological polar surface area (TPSA) is 49.4 Å². The molecule has 0 fully saturated rings. The molecule has 0 aliphatic carbocycles. The third-order valence-corrected chi connectivity index (χ3v) is 4.22. The fourth-order valence-corrected chi connectivity index (χ4v) is 2.39. The number of aryl methyl sites for hydroxylation is 1. The summed E-state index contributed by atoms with van der Waals surface area (Å²) in [6.07, 6.45) is 0.261. The number of hydrogen-bond acceptors (Lipinski definition) is 2. The van der Waals surface area contributed by atoms with Crippen LogP contribution in [0.1, 0.15) is 11.1 Å². The second-order valence-electron chi connectivity index (χ2n) is 5.59. The lowest BCUT2D eigenvalue weighted by Crippen LogP contribution is -2.35. The summed E-state index contributed by atoms with van der Waals surface area (Å²) >= 11 is 11.7. The van der Waals surface area contributed by atoms with E-state index in [4.69, 9.17) is 23.2 Å². The molecule has 24 heavy (non-hydrogen) atoms. The van der Waals surface area contributed by atoms with Crippen molar-refractivity contribution >= 4 is 40.7 Å². The van der Waals surface area contributed by atoms with Gasteiger partial charge in [-0.3, -0.25) is 9.59 Å². The molecule has 0 atom stereocenters. The predicted octanol–water partition coefficient (Wildman–Crippen LogP) is 3.94. The van der Waals surface area contributed by atoms with Crippen molar-refractivity contribution in [1.82, 2.24) is 4.90 Å². The molecule has 2 rings (SSSR count). The van der Waals surface area contributed by atoms with Crippen molar-refractivity contribution in [2.45, 2.75) is 13.3 Å². The Morgan fingerprint density at radius 1 is 1.04 bits per heavy atom. The Balaban J connectivity index is 1.89. The summed E-state index contributed by atoms with van der Waals surface area (Å²) in [4.78, 5) is 25.6. The molecule has 6 heteroatoms. The molecule has 126 valence electrons. The number of rotatable bonds is 5. The Morgan fingerprint density at radius 2 is 1.71 bits per heavy atom. The number of likely N-dealkylation sites (N-methyl/N-ethyl adjacent to an activating group) is 1. The first-order chi connectivity index (χ1) is 11.3. The molecule has 0 aromatic heterocycles. The van der Waals surface area contributed by atoms with Gasteiger partial charge >= 0.3 is 0 Å². The van der Waals surface area contributed by atoms with Gasteiger partial charge < -0.3 is 10.2 Å². The molecule has 1 N–H and O–H groups in total. The second-order valence-corrected chi connectivity index (χ2v) is 6.40. The molecule has 4 nitrogen and oxygen atoms in total. The highest BCUT2D eigenvalue weighted by Gasteiger charge is 2.14. The Hall–Kier alpha value is -2.04. The Morgan fingerprint density at radius 3 is 2.33 bits per heavy atom. The van der Waals surface area contributed by atoms with Gasteiger partial charge in [0.15, 0.2) is 0 Å². The van der Waals surface area contributed by atoms with E-state index in [1.807, 2.05) is 31.2 Å². The highest BCUT2D eigenvalue weighted by atomic mass is 35.5. The van der Waals surface area contributed by atoms with Gasteiger partial charge in [-0.05, 0) is 30.7 Å². The number of nitrogens with zero attached hydrogens (tertiary/aromatic N) is 1. The van der Waals surface area contributed by atoms with Gasteiger partial charge in [0.05, 0.1) is 23.0 Å². The summed E-state index contributed by atoms with van der Waals surface area (Å²) in [7, 11) is 1.60. The summed E-state index contributed by atoms with van der Waals surface area (Å²) < 4.78 is 0. The summed E-state index contributed by atoms with van der Waals surface area (Å²) in [5, 5.41) is 3.47. The maximum atomic E-state index is 12.2. The van der Waals surface area contributed by atoms with Crippen LogP contribution in [0.15, 0.2) is 42.5 Å². The first kappa shape index (κ1) is 18.3. The van der Waals surface area contributed by atoms with Gasteiger partial charge in [-0.15, -0.1) is 0 Å². The van der Waals surface area contributed by atoms with Crippen LogP contribution in [-0.4, -0.2) is 30.3 Å². The van der Waals surface area contributed by atoms with Crippen LogP contribution in [0.25, 0.3) is 0 Å². The second kappa shape index (κ2) is 8.18. The lowest BCUT2D eigenvalue weighted by Gasteiger charge is -2.17. The number of hydrogen-bond donors (Lipinski definition) is 1. The molecule has 0 heterocycles. The number of carbonyl (C=O) groups excluding carboxylic acids is 2. The first-order valence-corrected chi connectivity index (χ1v) is 8.15. The third-order valence-electron chi connectivity index (χ3n) is 3.49. The molecule has 0 radical (unpaired) electrons. The van der Waals surface area contributed by atoms with Crippen LogP contribution in [0.2, 0.25) is 10.0 Å². The lowest BCUT2D eigenvalue weighted by molar-refractivity contribution is -0.132. The normalized spacial score (nSPS) is 10.3. The van der Waals surface area contributed by atoms with Gasteiger partial charge in [0.25, 0.3) is 0 Å². The number of halogens is 2. The number of amides is 2. The van der Waals surface area contributed by atoms with Gasteiger partial charge in [0, 0.05) is 12.7 Å². The molecule has 0 unspecified atom stereocenters. The largest absolute Gasteiger partial charge is 0.336 e. The van der Waals surface area contributed by atoms with Gasteiger partial charge in [-0.2, -0.15) is 0 Å². The summed E-state index contributed by atoms with van der Waals surface area (Å²) in [5.41, 5.74) is 2.59. The summed E-state index contributed by atoms with van der Waals surface area (Å²) in [6, 6.07) is 12.6. The SMILES string of the molecule is Cc1ccc(CC(=O)N(C)CC(=O)Nc2ccc(Cl)c(Cl)c2)cc1. The van der Waals surface area contributed by atoms with Crippen molar-refractivity contribution < 1.29 is 9.59 Å². The molecule has 0 bridgehead atoms. The number of nitrogens with one attached hydrogen (secondary N) is 1. The van der Waals surface area contributed by atoms with Gasteiger partial charge in [-0.25, -0.2) is 0 Å². The van der Waals surface area contributed by atoms with Gasteiger partial charge in [0.1, 0.15) is 0 Å². The van der Waals surface area contributed by atoms with Crippen LogP contribution in [0.3, 0.4) is 0 Å². The van der Waals surface area contributed by atoms with Crippen molar-refractivity contribution in [3.05, 3.63) is 63.6 Å². The van der Waals surface area contributed by atoms with Crippen molar-refractivity contribution in [3.8, 4) is 0 Å². The molecule has 0 spiro atoms. The molecular formula is C18H18Cl2N2O2. The quantitative estimate of drug-likeness (QED) is 0.873. The molecule has 0 aliphatic heterocycles. The predicted molar refractivity (Wildman–Crippen MR) is 97.6 cm³/mol. The lowest BCUT2D eigenvalue weighted by atomic mass is 10.1. The third kappa shape index (κ3) is 5.25. The fraction of sp³-hybridized carbons (Fsp3) is 0.222. The fourth-order valence-electron chi connectivity index (χ4n) is 2.09. The van der Waals surface area contributed by atoms with E-state index in [1.165, 1.54) is 4.90 Å². The van der Waals surface area contributed by atoms with E-state index in [1.54, 1.807) is 25.2 Å². The van der Waals surface area contributed by atoms with E-state index < -0.39 is 0 Å². The average Bonchev–Trinajstić information content (AvgIpc) is 2.53. The maximum Gasteiger partial charge on any atom is 0.243 e. The zero-order valence-corrected chi connectivity index (χ0v) is 15.0. The summed E-state index contributed by atoms with van der Waals surface area (Å²) in [6.45, 7) is 1.95. The molecule has 2 amide bonds. The van der Waals surface area contributed by atoms with Crippen molar-refractivity contribution in [1.29, 1.82) is 0 Å². The van der Waals surface area contributed by atoms with E-state index >= 15 is 0 Å². The molecule has 0 saturated heterocycles. The minimum absolute atomic E-state index is 0.0368. The molecule has 0 saturated carbocycles. The van der Waals surface area contributed by atoms with Crippen LogP contribution < -0.4 is 5.32 Å². The Kier molecular flexibility index (Phi) is 6.23. The number of anilines is 1. The van der Waals surface area contributed by atoms with E-state index in [2.05, 4.69) is 5.32 Å². The van der Waals surface area contributed by atoms with Crippen LogP contribution >= 0.6 is 23.2 Å². The van der Waals surface area contributed by atoms with Crippen LogP contribution in [0, 0.1) is 6.92 Å². The minimum atomic E-state index is -0.298. The van der Waals surface area contributed by atoms with Gasteiger partial charge in [-0.1, -0.05) is 53.0 Å². The van der Waals surface area contributed by atoms with E-state index in [9.17, 15) is 9.59 Å². The van der Waals surface area contributed by atoms with Crippen molar-refractivity contribution in [3.63, 3.8) is 0 Å². The molecule has 0 aliphatic rings. The monoisotopic (exact) mass is 364 g/mol. The van der Waals surface area contributed by atoms with Crippen LogP contribution in [0.4, 0.5) is 5.69 Å². The highest BCUT2D eigenvalue weighted by Crippen LogP contribution is 2.24. The van der Waals surface area contributed by atoms with E-state index in [0.717, 1.165) is 11.1 Å². The summed E-state index contributed by atoms with van der Waals surface area (Å²) in [5.74, 6) is -0.420. The van der Waals surface area contributed by atoms with E-state index in [-0.39, 0.29) is 24.8 Å². The van der Waals surface area contributed by atoms with Crippen LogP contribution in [-0.2, 0) is 16.0 Å². The highest BCUT2D eigenvalue weighted by molar-refractivity contribution is 6.42. The first-order valence-electron chi connectivity index (χ1n) is 7.39. The molecule has 2 aromatic carbocycles. The Bertz CT molecular complexity index is 745. The Labute approximate surface area is 151 Å². The zero-order chi connectivity index (χ0) is 17.7. The standard InChI is InChI=1S/C18H18Cl2N2O2/c1-12-3-5-13(6-4-12)9-18(24)22(2)11-17(23)21-14-7-8-15(19)16(20)10-14/h3-8,10H,9,11H2,1-2H3,(H,21,23). The zero-order valence-electron chi connectivity index (χ0n) is 13.5. The van der Waals surface area contributed by atoms with Gasteiger partial charge in [0.2, 0.25) is 11.8 Å². The number of benzene rings is 2. The smallest absolute Gasteiger partial charge is 0.243 e. The number of carbonyl (C=O) groups is 2. The van der Waals surface area contributed by atoms with Crippen LogP contribution in [0.5, 0.6) is 0 Å². The minimum Gasteiger partial charge on any atom is -0.336 e.